The molecule has 0 atom stereocenters. The average Bonchev–Trinajstić information content (AvgIpc) is 3.34. The third-order valence-electron chi connectivity index (χ3n) is 5.73. The Morgan fingerprint density at radius 2 is 1.74 bits per heavy atom. The van der Waals surface area contributed by atoms with Gasteiger partial charge < -0.3 is 19.5 Å². The van der Waals surface area contributed by atoms with E-state index in [9.17, 15) is 4.79 Å². The number of anilines is 2. The summed E-state index contributed by atoms with van der Waals surface area (Å²) < 4.78 is 5.50. The highest BCUT2D eigenvalue weighted by atomic mass is 16.3. The Morgan fingerprint density at radius 3 is 2.48 bits per heavy atom. The van der Waals surface area contributed by atoms with Crippen molar-refractivity contribution in [1.82, 2.24) is 9.88 Å². The molecule has 0 bridgehead atoms. The van der Waals surface area contributed by atoms with Gasteiger partial charge in [0.2, 0.25) is 0 Å². The predicted octanol–water partition coefficient (Wildman–Crippen LogP) is 4.50. The lowest BCUT2D eigenvalue weighted by atomic mass is 10.1. The molecule has 1 N–H and O–H groups in total. The Bertz CT molecular complexity index is 1190. The first-order valence-electron chi connectivity index (χ1n) is 10.5. The molecular formula is C25H24N4O2. The fourth-order valence-electron chi connectivity index (χ4n) is 3.93. The zero-order valence-corrected chi connectivity index (χ0v) is 17.4. The van der Waals surface area contributed by atoms with Crippen LogP contribution in [-0.4, -0.2) is 49.0 Å². The number of hydrogen-bond donors (Lipinski definition) is 1. The molecule has 1 saturated heterocycles. The summed E-state index contributed by atoms with van der Waals surface area (Å²) in [4.78, 5) is 22.5. The van der Waals surface area contributed by atoms with Crippen molar-refractivity contribution < 1.29 is 9.21 Å². The van der Waals surface area contributed by atoms with Crippen molar-refractivity contribution in [1.29, 1.82) is 0 Å². The molecule has 156 valence electrons. The minimum absolute atomic E-state index is 0.168. The molecule has 1 amide bonds. The van der Waals surface area contributed by atoms with Gasteiger partial charge >= 0.3 is 0 Å². The van der Waals surface area contributed by atoms with Crippen LogP contribution >= 0.6 is 0 Å². The van der Waals surface area contributed by atoms with E-state index in [0.717, 1.165) is 42.8 Å². The van der Waals surface area contributed by atoms with Crippen LogP contribution in [0.1, 0.15) is 10.4 Å². The topological polar surface area (TPSA) is 61.6 Å². The molecule has 0 aliphatic carbocycles. The molecule has 1 aliphatic rings. The molecule has 6 heteroatoms. The standard InChI is InChI=1S/C25H24N4O2/c1-28-12-14-29(15-13-28)19-10-8-18(9-11-19)26-25(30)21-17-23(24-7-4-16-31-24)27-22-6-3-2-5-20(21)22/h2-11,16-17H,12-15H2,1H3,(H,26,30). The second-order valence-electron chi connectivity index (χ2n) is 7.84. The molecule has 3 heterocycles. The van der Waals surface area contributed by atoms with Crippen molar-refractivity contribution in [2.75, 3.05) is 43.4 Å². The van der Waals surface area contributed by atoms with Gasteiger partial charge in [0.05, 0.1) is 17.3 Å². The van der Waals surface area contributed by atoms with Crippen LogP contribution in [0, 0.1) is 0 Å². The van der Waals surface area contributed by atoms with Crippen molar-refractivity contribution in [2.24, 2.45) is 0 Å². The summed E-state index contributed by atoms with van der Waals surface area (Å²) in [5, 5.41) is 3.85. The van der Waals surface area contributed by atoms with Crippen LogP contribution in [0.2, 0.25) is 0 Å². The molecule has 0 spiro atoms. The maximum Gasteiger partial charge on any atom is 0.256 e. The maximum absolute atomic E-state index is 13.2. The summed E-state index contributed by atoms with van der Waals surface area (Å²) in [6.07, 6.45) is 1.61. The first-order chi connectivity index (χ1) is 15.2. The SMILES string of the molecule is CN1CCN(c2ccc(NC(=O)c3cc(-c4ccco4)nc4ccccc34)cc2)CC1. The first kappa shape index (κ1) is 19.3. The van der Waals surface area contributed by atoms with Crippen molar-refractivity contribution in [3.8, 4) is 11.5 Å². The minimum Gasteiger partial charge on any atom is -0.463 e. The van der Waals surface area contributed by atoms with Gasteiger partial charge in [-0.1, -0.05) is 18.2 Å². The second kappa shape index (κ2) is 8.24. The Balaban J connectivity index is 1.40. The lowest BCUT2D eigenvalue weighted by Crippen LogP contribution is -2.44. The van der Waals surface area contributed by atoms with E-state index in [-0.39, 0.29) is 5.91 Å². The zero-order valence-electron chi connectivity index (χ0n) is 17.4. The third-order valence-corrected chi connectivity index (χ3v) is 5.73. The quantitative estimate of drug-likeness (QED) is 0.535. The van der Waals surface area contributed by atoms with E-state index in [1.165, 1.54) is 5.69 Å². The number of benzene rings is 2. The number of aromatic nitrogens is 1. The highest BCUT2D eigenvalue weighted by Crippen LogP contribution is 2.26. The summed E-state index contributed by atoms with van der Waals surface area (Å²) >= 11 is 0. The van der Waals surface area contributed by atoms with Crippen molar-refractivity contribution in [3.63, 3.8) is 0 Å². The van der Waals surface area contributed by atoms with Crippen LogP contribution in [0.4, 0.5) is 11.4 Å². The summed E-state index contributed by atoms with van der Waals surface area (Å²) in [5.74, 6) is 0.468. The number of pyridine rings is 1. The molecule has 31 heavy (non-hydrogen) atoms. The molecular weight excluding hydrogens is 388 g/mol. The van der Waals surface area contributed by atoms with Gasteiger partial charge in [-0.05, 0) is 55.6 Å². The van der Waals surface area contributed by atoms with E-state index in [1.54, 1.807) is 12.3 Å². The normalized spacial score (nSPS) is 14.7. The number of hydrogen-bond acceptors (Lipinski definition) is 5. The van der Waals surface area contributed by atoms with Crippen LogP contribution in [0.15, 0.2) is 77.4 Å². The van der Waals surface area contributed by atoms with Crippen LogP contribution in [-0.2, 0) is 0 Å². The van der Waals surface area contributed by atoms with E-state index >= 15 is 0 Å². The van der Waals surface area contributed by atoms with Crippen LogP contribution in [0.25, 0.3) is 22.4 Å². The summed E-state index contributed by atoms with van der Waals surface area (Å²) in [7, 11) is 2.15. The van der Waals surface area contributed by atoms with E-state index in [2.05, 4.69) is 39.3 Å². The minimum atomic E-state index is -0.168. The Morgan fingerprint density at radius 1 is 0.968 bits per heavy atom. The van der Waals surface area contributed by atoms with E-state index in [4.69, 9.17) is 4.42 Å². The van der Waals surface area contributed by atoms with Gasteiger partial charge in [0, 0.05) is 42.9 Å². The monoisotopic (exact) mass is 412 g/mol. The molecule has 6 nitrogen and oxygen atoms in total. The number of fused-ring (bicyclic) bond motifs is 1. The Kier molecular flexibility index (Phi) is 5.14. The number of amides is 1. The maximum atomic E-state index is 13.2. The third kappa shape index (κ3) is 4.02. The predicted molar refractivity (Wildman–Crippen MR) is 124 cm³/mol. The number of nitrogens with zero attached hydrogens (tertiary/aromatic N) is 3. The fraction of sp³-hybridized carbons (Fsp3) is 0.200. The molecule has 4 aromatic rings. The van der Waals surface area contributed by atoms with Gasteiger partial charge in [0.1, 0.15) is 5.69 Å². The van der Waals surface area contributed by atoms with Crippen LogP contribution < -0.4 is 10.2 Å². The van der Waals surface area contributed by atoms with Gasteiger partial charge in [-0.3, -0.25) is 4.79 Å². The summed E-state index contributed by atoms with van der Waals surface area (Å²) in [6, 6.07) is 21.2. The molecule has 0 radical (unpaired) electrons. The van der Waals surface area contributed by atoms with Gasteiger partial charge in [0.25, 0.3) is 5.91 Å². The number of carbonyl (C=O) groups excluding carboxylic acids is 1. The van der Waals surface area contributed by atoms with Crippen molar-refractivity contribution >= 4 is 28.2 Å². The van der Waals surface area contributed by atoms with Gasteiger partial charge in [-0.15, -0.1) is 0 Å². The number of piperazine rings is 1. The van der Waals surface area contributed by atoms with Crippen molar-refractivity contribution in [3.05, 3.63) is 78.6 Å². The van der Waals surface area contributed by atoms with E-state index < -0.39 is 0 Å². The number of furan rings is 1. The highest BCUT2D eigenvalue weighted by Gasteiger charge is 2.17. The van der Waals surface area contributed by atoms with Gasteiger partial charge in [-0.2, -0.15) is 0 Å². The fourth-order valence-corrected chi connectivity index (χ4v) is 3.93. The molecule has 5 rings (SSSR count). The molecule has 0 unspecified atom stereocenters. The Labute approximate surface area is 181 Å². The molecule has 1 fully saturated rings. The summed E-state index contributed by atoms with van der Waals surface area (Å²) in [5.41, 5.74) is 3.91. The zero-order chi connectivity index (χ0) is 21.2. The largest absolute Gasteiger partial charge is 0.463 e. The second-order valence-corrected chi connectivity index (χ2v) is 7.84. The molecule has 1 aliphatic heterocycles. The molecule has 0 saturated carbocycles. The Hall–Kier alpha value is -3.64. The van der Waals surface area contributed by atoms with E-state index in [0.29, 0.717) is 17.0 Å². The lowest BCUT2D eigenvalue weighted by Gasteiger charge is -2.34. The highest BCUT2D eigenvalue weighted by molar-refractivity contribution is 6.13. The number of para-hydroxylation sites is 1. The number of nitrogens with one attached hydrogen (secondary N) is 1. The van der Waals surface area contributed by atoms with Crippen LogP contribution in [0.5, 0.6) is 0 Å². The smallest absolute Gasteiger partial charge is 0.256 e. The number of rotatable bonds is 4. The van der Waals surface area contributed by atoms with Crippen molar-refractivity contribution in [2.45, 2.75) is 0 Å². The molecule has 2 aromatic heterocycles. The number of likely N-dealkylation sites (N-methyl/N-ethyl adjacent to an activating group) is 1. The first-order valence-corrected chi connectivity index (χ1v) is 10.5. The van der Waals surface area contributed by atoms with E-state index in [1.807, 2.05) is 48.5 Å². The molecule has 2 aromatic carbocycles. The van der Waals surface area contributed by atoms with Gasteiger partial charge in [-0.25, -0.2) is 4.98 Å². The van der Waals surface area contributed by atoms with Crippen LogP contribution in [0.3, 0.4) is 0 Å². The van der Waals surface area contributed by atoms with Gasteiger partial charge in [0.15, 0.2) is 5.76 Å². The lowest BCUT2D eigenvalue weighted by molar-refractivity contribution is 0.102. The summed E-state index contributed by atoms with van der Waals surface area (Å²) in [6.45, 7) is 4.15. The average molecular weight is 412 g/mol. The number of carbonyl (C=O) groups is 1.